The van der Waals surface area contributed by atoms with Crippen molar-refractivity contribution in [1.29, 1.82) is 0 Å². The predicted molar refractivity (Wildman–Crippen MR) is 119 cm³/mol. The molecule has 1 heterocycles. The van der Waals surface area contributed by atoms with Crippen LogP contribution in [-0.4, -0.2) is 56.5 Å². The van der Waals surface area contributed by atoms with Gasteiger partial charge in [-0.2, -0.15) is 5.10 Å². The lowest BCUT2D eigenvalue weighted by molar-refractivity contribution is -0.146. The van der Waals surface area contributed by atoms with E-state index in [0.717, 1.165) is 5.56 Å². The molecule has 3 N–H and O–H groups in total. The number of nitrogens with zero attached hydrogens (tertiary/aromatic N) is 2. The van der Waals surface area contributed by atoms with Gasteiger partial charge in [0.25, 0.3) is 0 Å². The smallest absolute Gasteiger partial charge is 0.428 e. The molecule has 6 atom stereocenters. The van der Waals surface area contributed by atoms with E-state index in [1.54, 1.807) is 0 Å². The fourth-order valence-corrected chi connectivity index (χ4v) is 5.53. The van der Waals surface area contributed by atoms with Gasteiger partial charge >= 0.3 is 6.09 Å². The SMILES string of the molecule is CC(C)(C)N1C(=O)[C@H]2[C@H]3[C@H](O)[C@H](O)C/C(=N/NC(=O)OCc4ccccc4)[C@H]3CC[C@@H]2C1=O. The molecule has 0 spiro atoms. The molecular weight excluding hydrogens is 426 g/mol. The van der Waals surface area contributed by atoms with Gasteiger partial charge in [-0.25, -0.2) is 10.2 Å². The number of hydrazone groups is 1. The van der Waals surface area contributed by atoms with Crippen LogP contribution in [-0.2, 0) is 20.9 Å². The van der Waals surface area contributed by atoms with Crippen molar-refractivity contribution in [2.45, 2.75) is 64.4 Å². The van der Waals surface area contributed by atoms with E-state index in [9.17, 15) is 24.6 Å². The van der Waals surface area contributed by atoms with Crippen molar-refractivity contribution in [3.63, 3.8) is 0 Å². The number of fused-ring (bicyclic) bond motifs is 3. The lowest BCUT2D eigenvalue weighted by Crippen LogP contribution is -2.55. The number of amides is 3. The number of likely N-dealkylation sites (tertiary alicyclic amines) is 1. The molecule has 0 bridgehead atoms. The summed E-state index contributed by atoms with van der Waals surface area (Å²) in [5.41, 5.74) is 3.05. The van der Waals surface area contributed by atoms with Crippen LogP contribution in [0.5, 0.6) is 0 Å². The molecule has 33 heavy (non-hydrogen) atoms. The Morgan fingerprint density at radius 2 is 1.79 bits per heavy atom. The summed E-state index contributed by atoms with van der Waals surface area (Å²) in [5, 5.41) is 25.5. The van der Waals surface area contributed by atoms with Gasteiger partial charge in [0.15, 0.2) is 0 Å². The zero-order chi connectivity index (χ0) is 23.9. The number of carbonyl (C=O) groups is 3. The minimum absolute atomic E-state index is 0.0732. The minimum atomic E-state index is -1.15. The van der Waals surface area contributed by atoms with Gasteiger partial charge in [-0.1, -0.05) is 30.3 Å². The fraction of sp³-hybridized carbons (Fsp3) is 0.583. The van der Waals surface area contributed by atoms with Crippen molar-refractivity contribution in [2.75, 3.05) is 0 Å². The van der Waals surface area contributed by atoms with Gasteiger partial charge in [0, 0.05) is 29.5 Å². The number of carbonyl (C=O) groups excluding carboxylic acids is 3. The number of rotatable bonds is 3. The van der Waals surface area contributed by atoms with Crippen LogP contribution in [0.3, 0.4) is 0 Å². The molecule has 1 aromatic rings. The van der Waals surface area contributed by atoms with Gasteiger partial charge in [-0.05, 0) is 39.2 Å². The van der Waals surface area contributed by atoms with E-state index >= 15 is 0 Å². The summed E-state index contributed by atoms with van der Waals surface area (Å²) >= 11 is 0. The standard InChI is InChI=1S/C24H31N3O6/c1-24(2,3)27-21(30)15-10-9-14-16(11-17(28)20(29)18(14)19(15)22(27)31)25-26-23(32)33-12-13-7-5-4-6-8-13/h4-8,14-15,17-20,28-29H,9-12H2,1-3H3,(H,26,32)/b25-16-/t14-,15+,17-,18+,19-,20-/m1/s1. The summed E-state index contributed by atoms with van der Waals surface area (Å²) in [4.78, 5) is 39.7. The zero-order valence-corrected chi connectivity index (χ0v) is 19.1. The summed E-state index contributed by atoms with van der Waals surface area (Å²) < 4.78 is 5.18. The topological polar surface area (TPSA) is 129 Å². The van der Waals surface area contributed by atoms with Crippen molar-refractivity contribution in [2.24, 2.45) is 28.8 Å². The molecule has 178 valence electrons. The van der Waals surface area contributed by atoms with Crippen LogP contribution in [0.25, 0.3) is 0 Å². The molecular formula is C24H31N3O6. The number of hydrogen-bond donors (Lipinski definition) is 3. The molecule has 3 fully saturated rings. The Bertz CT molecular complexity index is 957. The number of nitrogens with one attached hydrogen (secondary N) is 1. The molecule has 3 amide bonds. The van der Waals surface area contributed by atoms with E-state index in [4.69, 9.17) is 4.74 Å². The highest BCUT2D eigenvalue weighted by atomic mass is 16.6. The molecule has 1 aromatic carbocycles. The molecule has 2 aliphatic carbocycles. The molecule has 0 unspecified atom stereocenters. The van der Waals surface area contributed by atoms with E-state index < -0.39 is 41.6 Å². The Kier molecular flexibility index (Phi) is 6.28. The lowest BCUT2D eigenvalue weighted by Gasteiger charge is -2.45. The van der Waals surface area contributed by atoms with Crippen LogP contribution in [0, 0.1) is 23.7 Å². The maximum Gasteiger partial charge on any atom is 0.428 e. The molecule has 3 aliphatic rings. The molecule has 1 saturated heterocycles. The Morgan fingerprint density at radius 1 is 1.12 bits per heavy atom. The Morgan fingerprint density at radius 3 is 2.45 bits per heavy atom. The normalized spacial score (nSPS) is 33.0. The summed E-state index contributed by atoms with van der Waals surface area (Å²) in [6, 6.07) is 9.23. The second-order valence-electron chi connectivity index (χ2n) is 10.1. The second-order valence-corrected chi connectivity index (χ2v) is 10.1. The molecule has 0 aromatic heterocycles. The maximum absolute atomic E-state index is 13.3. The molecule has 9 heteroatoms. The van der Waals surface area contributed by atoms with Crippen LogP contribution < -0.4 is 5.43 Å². The Balaban J connectivity index is 1.50. The van der Waals surface area contributed by atoms with Gasteiger partial charge in [-0.3, -0.25) is 14.5 Å². The van der Waals surface area contributed by atoms with Crippen molar-refractivity contribution < 1.29 is 29.3 Å². The summed E-state index contributed by atoms with van der Waals surface area (Å²) in [6.07, 6.45) is -1.93. The third kappa shape index (κ3) is 4.39. The molecule has 2 saturated carbocycles. The van der Waals surface area contributed by atoms with E-state index in [-0.39, 0.29) is 30.8 Å². The quantitative estimate of drug-likeness (QED) is 0.469. The predicted octanol–water partition coefficient (Wildman–Crippen LogP) is 1.82. The van der Waals surface area contributed by atoms with Crippen molar-refractivity contribution >= 4 is 23.6 Å². The Hall–Kier alpha value is -2.78. The van der Waals surface area contributed by atoms with Gasteiger partial charge in [0.05, 0.1) is 24.0 Å². The summed E-state index contributed by atoms with van der Waals surface area (Å²) in [5.74, 6) is -2.72. The number of aliphatic hydroxyl groups excluding tert-OH is 2. The number of ether oxygens (including phenoxy) is 1. The van der Waals surface area contributed by atoms with E-state index in [2.05, 4.69) is 10.5 Å². The highest BCUT2D eigenvalue weighted by Gasteiger charge is 2.61. The first kappa shape index (κ1) is 23.4. The highest BCUT2D eigenvalue weighted by Crippen LogP contribution is 2.50. The van der Waals surface area contributed by atoms with Crippen LogP contribution in [0.1, 0.15) is 45.6 Å². The van der Waals surface area contributed by atoms with Crippen molar-refractivity contribution in [3.8, 4) is 0 Å². The first-order chi connectivity index (χ1) is 15.6. The van der Waals surface area contributed by atoms with Gasteiger partial charge in [0.1, 0.15) is 6.61 Å². The highest BCUT2D eigenvalue weighted by molar-refractivity contribution is 6.06. The van der Waals surface area contributed by atoms with Crippen LogP contribution in [0.15, 0.2) is 35.4 Å². The first-order valence-electron chi connectivity index (χ1n) is 11.4. The summed E-state index contributed by atoms with van der Waals surface area (Å²) in [7, 11) is 0. The van der Waals surface area contributed by atoms with Gasteiger partial charge < -0.3 is 14.9 Å². The Labute approximate surface area is 192 Å². The van der Waals surface area contributed by atoms with Gasteiger partial charge in [-0.15, -0.1) is 0 Å². The second kappa shape index (κ2) is 8.87. The third-order valence-corrected chi connectivity index (χ3v) is 6.95. The van der Waals surface area contributed by atoms with Crippen LogP contribution >= 0.6 is 0 Å². The van der Waals surface area contributed by atoms with Crippen LogP contribution in [0.2, 0.25) is 0 Å². The number of imide groups is 1. The average Bonchev–Trinajstić information content (AvgIpc) is 3.04. The molecule has 9 nitrogen and oxygen atoms in total. The first-order valence-corrected chi connectivity index (χ1v) is 11.4. The van der Waals surface area contributed by atoms with E-state index in [1.165, 1.54) is 4.90 Å². The molecule has 1 aliphatic heterocycles. The van der Waals surface area contributed by atoms with Crippen LogP contribution in [0.4, 0.5) is 4.79 Å². The lowest BCUT2D eigenvalue weighted by atomic mass is 9.60. The summed E-state index contributed by atoms with van der Waals surface area (Å²) in [6.45, 7) is 5.51. The third-order valence-electron chi connectivity index (χ3n) is 6.95. The number of benzene rings is 1. The largest absolute Gasteiger partial charge is 0.443 e. The van der Waals surface area contributed by atoms with E-state index in [1.807, 2.05) is 51.1 Å². The van der Waals surface area contributed by atoms with Crippen molar-refractivity contribution in [1.82, 2.24) is 10.3 Å². The zero-order valence-electron chi connectivity index (χ0n) is 19.1. The van der Waals surface area contributed by atoms with E-state index in [0.29, 0.717) is 18.6 Å². The average molecular weight is 458 g/mol. The maximum atomic E-state index is 13.3. The van der Waals surface area contributed by atoms with Crippen molar-refractivity contribution in [3.05, 3.63) is 35.9 Å². The van der Waals surface area contributed by atoms with Gasteiger partial charge in [0.2, 0.25) is 11.8 Å². The minimum Gasteiger partial charge on any atom is -0.443 e. The number of hydrogen-bond acceptors (Lipinski definition) is 7. The number of aliphatic hydroxyl groups is 2. The monoisotopic (exact) mass is 457 g/mol. The molecule has 4 rings (SSSR count). The molecule has 0 radical (unpaired) electrons. The fourth-order valence-electron chi connectivity index (χ4n) is 5.53.